The van der Waals surface area contributed by atoms with Gasteiger partial charge in [0, 0.05) is 30.3 Å². The molecule has 0 spiro atoms. The van der Waals surface area contributed by atoms with Crippen LogP contribution in [0.3, 0.4) is 0 Å². The number of nitrogens with zero attached hydrogens (tertiary/aromatic N) is 1. The molecular formula is C15H20N4O3S. The lowest BCUT2D eigenvalue weighted by Crippen LogP contribution is -2.38. The van der Waals surface area contributed by atoms with Crippen LogP contribution < -0.4 is 16.4 Å². The maximum absolute atomic E-state index is 12.2. The number of primary amides is 1. The van der Waals surface area contributed by atoms with Crippen LogP contribution in [0.1, 0.15) is 5.56 Å². The normalized spacial score (nSPS) is 14.2. The first-order chi connectivity index (χ1) is 11.0. The van der Waals surface area contributed by atoms with Gasteiger partial charge in [-0.05, 0) is 17.7 Å². The Morgan fingerprint density at radius 3 is 2.39 bits per heavy atom. The van der Waals surface area contributed by atoms with Gasteiger partial charge in [0.1, 0.15) is 0 Å². The van der Waals surface area contributed by atoms with Crippen molar-refractivity contribution in [3.63, 3.8) is 0 Å². The molecule has 1 saturated heterocycles. The average molecular weight is 336 g/mol. The summed E-state index contributed by atoms with van der Waals surface area (Å²) in [4.78, 5) is 35.9. The van der Waals surface area contributed by atoms with E-state index >= 15 is 0 Å². The van der Waals surface area contributed by atoms with Gasteiger partial charge < -0.3 is 16.0 Å². The summed E-state index contributed by atoms with van der Waals surface area (Å²) in [6.45, 7) is 1.59. The lowest BCUT2D eigenvalue weighted by Gasteiger charge is -2.26. The van der Waals surface area contributed by atoms with Crippen LogP contribution in [0.4, 0.5) is 10.5 Å². The van der Waals surface area contributed by atoms with E-state index in [2.05, 4.69) is 5.32 Å². The molecule has 1 aromatic rings. The predicted octanol–water partition coefficient (Wildman–Crippen LogP) is 0.411. The molecule has 8 heteroatoms. The Balaban J connectivity index is 1.80. The number of rotatable bonds is 5. The molecule has 2 rings (SSSR count). The highest BCUT2D eigenvalue weighted by molar-refractivity contribution is 7.99. The van der Waals surface area contributed by atoms with Gasteiger partial charge in [0.15, 0.2) is 0 Å². The SMILES string of the molecule is NC(=O)NC(=O)CNc1ccc(CC(=O)N2CCSCC2)cc1. The molecule has 1 aliphatic heterocycles. The summed E-state index contributed by atoms with van der Waals surface area (Å²) < 4.78 is 0. The van der Waals surface area contributed by atoms with Crippen LogP contribution in [-0.4, -0.2) is 53.9 Å². The maximum atomic E-state index is 12.2. The van der Waals surface area contributed by atoms with Gasteiger partial charge in [-0.15, -0.1) is 0 Å². The van der Waals surface area contributed by atoms with Crippen molar-refractivity contribution in [3.05, 3.63) is 29.8 Å². The van der Waals surface area contributed by atoms with E-state index in [4.69, 9.17) is 5.73 Å². The summed E-state index contributed by atoms with van der Waals surface area (Å²) in [6.07, 6.45) is 0.382. The van der Waals surface area contributed by atoms with Crippen molar-refractivity contribution in [2.45, 2.75) is 6.42 Å². The van der Waals surface area contributed by atoms with Crippen LogP contribution in [0.25, 0.3) is 0 Å². The molecule has 0 aromatic heterocycles. The fraction of sp³-hybridized carbons (Fsp3) is 0.400. The molecule has 7 nitrogen and oxygen atoms in total. The number of urea groups is 1. The minimum atomic E-state index is -0.873. The number of carbonyl (C=O) groups is 3. The molecule has 1 aromatic carbocycles. The molecule has 1 heterocycles. The Kier molecular flexibility index (Phi) is 6.28. The number of amides is 4. The molecule has 0 aliphatic carbocycles. The van der Waals surface area contributed by atoms with Crippen LogP contribution in [0, 0.1) is 0 Å². The lowest BCUT2D eigenvalue weighted by atomic mass is 10.1. The zero-order valence-electron chi connectivity index (χ0n) is 12.7. The van der Waals surface area contributed by atoms with Gasteiger partial charge in [0.25, 0.3) is 0 Å². The highest BCUT2D eigenvalue weighted by Crippen LogP contribution is 2.13. The molecular weight excluding hydrogens is 316 g/mol. The fourth-order valence-electron chi connectivity index (χ4n) is 2.20. The van der Waals surface area contributed by atoms with Crippen LogP contribution in [-0.2, 0) is 16.0 Å². The molecule has 0 radical (unpaired) electrons. The van der Waals surface area contributed by atoms with Gasteiger partial charge in [-0.25, -0.2) is 4.79 Å². The predicted molar refractivity (Wildman–Crippen MR) is 90.3 cm³/mol. The van der Waals surface area contributed by atoms with Crippen molar-refractivity contribution in [2.75, 3.05) is 36.5 Å². The van der Waals surface area contributed by atoms with Crippen LogP contribution >= 0.6 is 11.8 Å². The number of benzene rings is 1. The lowest BCUT2D eigenvalue weighted by molar-refractivity contribution is -0.130. The van der Waals surface area contributed by atoms with Gasteiger partial charge in [-0.1, -0.05) is 12.1 Å². The summed E-state index contributed by atoms with van der Waals surface area (Å²) in [7, 11) is 0. The second kappa shape index (κ2) is 8.42. The number of anilines is 1. The number of carbonyl (C=O) groups excluding carboxylic acids is 3. The Bertz CT molecular complexity index is 571. The third-order valence-corrected chi connectivity index (χ3v) is 4.33. The molecule has 0 unspecified atom stereocenters. The minimum Gasteiger partial charge on any atom is -0.376 e. The van der Waals surface area contributed by atoms with Gasteiger partial charge >= 0.3 is 6.03 Å². The van der Waals surface area contributed by atoms with Crippen molar-refractivity contribution >= 4 is 35.3 Å². The Morgan fingerprint density at radius 1 is 1.13 bits per heavy atom. The highest BCUT2D eigenvalue weighted by atomic mass is 32.2. The summed E-state index contributed by atoms with van der Waals surface area (Å²) in [5.74, 6) is 1.65. The largest absolute Gasteiger partial charge is 0.376 e. The third kappa shape index (κ3) is 5.82. The second-order valence-electron chi connectivity index (χ2n) is 5.13. The topological polar surface area (TPSA) is 105 Å². The number of imide groups is 1. The number of nitrogens with one attached hydrogen (secondary N) is 2. The number of hydrogen-bond donors (Lipinski definition) is 3. The van der Waals surface area contributed by atoms with Crippen molar-refractivity contribution in [2.24, 2.45) is 5.73 Å². The van der Waals surface area contributed by atoms with Gasteiger partial charge in [0.05, 0.1) is 13.0 Å². The molecule has 4 amide bonds. The second-order valence-corrected chi connectivity index (χ2v) is 6.36. The monoisotopic (exact) mass is 336 g/mol. The maximum Gasteiger partial charge on any atom is 0.318 e. The van der Waals surface area contributed by atoms with E-state index in [0.717, 1.165) is 35.8 Å². The number of thioether (sulfide) groups is 1. The van der Waals surface area contributed by atoms with Gasteiger partial charge in [-0.3, -0.25) is 14.9 Å². The van der Waals surface area contributed by atoms with E-state index in [0.29, 0.717) is 6.42 Å². The minimum absolute atomic E-state index is 0.0489. The number of hydrogen-bond acceptors (Lipinski definition) is 5. The summed E-state index contributed by atoms with van der Waals surface area (Å²) in [5.41, 5.74) is 6.52. The molecule has 0 atom stereocenters. The molecule has 1 aliphatic rings. The smallest absolute Gasteiger partial charge is 0.318 e. The Morgan fingerprint density at radius 2 is 1.78 bits per heavy atom. The summed E-state index contributed by atoms with van der Waals surface area (Å²) in [5, 5.41) is 4.85. The molecule has 4 N–H and O–H groups in total. The Labute approximate surface area is 139 Å². The molecule has 0 saturated carbocycles. The fourth-order valence-corrected chi connectivity index (χ4v) is 3.11. The van der Waals surface area contributed by atoms with E-state index in [9.17, 15) is 14.4 Å². The highest BCUT2D eigenvalue weighted by Gasteiger charge is 2.16. The van der Waals surface area contributed by atoms with E-state index in [1.807, 2.05) is 34.1 Å². The molecule has 124 valence electrons. The van der Waals surface area contributed by atoms with E-state index in [1.54, 1.807) is 12.1 Å². The molecule has 23 heavy (non-hydrogen) atoms. The summed E-state index contributed by atoms with van der Waals surface area (Å²) in [6, 6.07) is 6.43. The quantitative estimate of drug-likeness (QED) is 0.722. The Hall–Kier alpha value is -2.22. The zero-order chi connectivity index (χ0) is 16.7. The first-order valence-corrected chi connectivity index (χ1v) is 8.47. The first kappa shape index (κ1) is 17.1. The average Bonchev–Trinajstić information content (AvgIpc) is 2.54. The van der Waals surface area contributed by atoms with Gasteiger partial charge in [0.2, 0.25) is 11.8 Å². The zero-order valence-corrected chi connectivity index (χ0v) is 13.5. The van der Waals surface area contributed by atoms with Crippen molar-refractivity contribution in [3.8, 4) is 0 Å². The van der Waals surface area contributed by atoms with Crippen LogP contribution in [0.5, 0.6) is 0 Å². The van der Waals surface area contributed by atoms with Crippen LogP contribution in [0.2, 0.25) is 0 Å². The van der Waals surface area contributed by atoms with E-state index in [-0.39, 0.29) is 12.5 Å². The van der Waals surface area contributed by atoms with Gasteiger partial charge in [-0.2, -0.15) is 11.8 Å². The summed E-state index contributed by atoms with van der Waals surface area (Å²) >= 11 is 1.87. The molecule has 0 bridgehead atoms. The third-order valence-electron chi connectivity index (χ3n) is 3.39. The number of nitrogens with two attached hydrogens (primary N) is 1. The van der Waals surface area contributed by atoms with E-state index in [1.165, 1.54) is 0 Å². The van der Waals surface area contributed by atoms with E-state index < -0.39 is 11.9 Å². The standard InChI is InChI=1S/C15H20N4O3S/c16-15(22)18-13(20)10-17-12-3-1-11(2-4-12)9-14(21)19-5-7-23-8-6-19/h1-4,17H,5-10H2,(H3,16,18,20,22). The van der Waals surface area contributed by atoms with Crippen molar-refractivity contribution in [1.29, 1.82) is 0 Å². The van der Waals surface area contributed by atoms with Crippen molar-refractivity contribution in [1.82, 2.24) is 10.2 Å². The molecule has 1 fully saturated rings. The van der Waals surface area contributed by atoms with Crippen molar-refractivity contribution < 1.29 is 14.4 Å². The first-order valence-electron chi connectivity index (χ1n) is 7.32. The van der Waals surface area contributed by atoms with Crippen LogP contribution in [0.15, 0.2) is 24.3 Å².